The number of aromatic nitrogens is 1. The predicted octanol–water partition coefficient (Wildman–Crippen LogP) is 3.66. The lowest BCUT2D eigenvalue weighted by molar-refractivity contribution is -0.0222. The van der Waals surface area contributed by atoms with Gasteiger partial charge in [-0.2, -0.15) is 0 Å². The van der Waals surface area contributed by atoms with Gasteiger partial charge in [0.25, 0.3) is 5.92 Å². The zero-order chi connectivity index (χ0) is 11.3. The molecule has 15 heavy (non-hydrogen) atoms. The van der Waals surface area contributed by atoms with Crippen LogP contribution in [-0.4, -0.2) is 17.5 Å². The highest BCUT2D eigenvalue weighted by Gasteiger charge is 2.25. The average molecular weight is 280 g/mol. The van der Waals surface area contributed by atoms with E-state index in [2.05, 4.69) is 20.9 Å². The second-order valence-electron chi connectivity index (χ2n) is 3.12. The highest BCUT2D eigenvalue weighted by atomic mass is 79.9. The molecule has 0 saturated carbocycles. The fraction of sp³-hybridized carbons (Fsp3) is 0.500. The first kappa shape index (κ1) is 12.4. The molecule has 0 aliphatic heterocycles. The molecule has 0 spiro atoms. The molecular formula is C10H12BrF2NO. The van der Waals surface area contributed by atoms with E-state index < -0.39 is 5.92 Å². The van der Waals surface area contributed by atoms with Crippen LogP contribution in [0.15, 0.2) is 22.8 Å². The molecule has 0 atom stereocenters. The molecule has 2 nitrogen and oxygen atoms in total. The molecule has 0 unspecified atom stereocenters. The Morgan fingerprint density at radius 2 is 2.27 bits per heavy atom. The fourth-order valence-electron chi connectivity index (χ4n) is 0.946. The van der Waals surface area contributed by atoms with Crippen molar-refractivity contribution in [3.05, 3.63) is 22.8 Å². The molecule has 0 fully saturated rings. The second-order valence-corrected chi connectivity index (χ2v) is 4.04. The molecule has 0 saturated heterocycles. The summed E-state index contributed by atoms with van der Waals surface area (Å²) < 4.78 is 31.6. The molecule has 0 N–H and O–H groups in total. The van der Waals surface area contributed by atoms with E-state index in [0.717, 1.165) is 4.47 Å². The van der Waals surface area contributed by atoms with E-state index in [1.807, 2.05) is 0 Å². The molecule has 1 rings (SSSR count). The van der Waals surface area contributed by atoms with Crippen molar-refractivity contribution < 1.29 is 13.5 Å². The molecule has 0 radical (unpaired) electrons. The van der Waals surface area contributed by atoms with E-state index in [1.165, 1.54) is 6.92 Å². The number of ether oxygens (including phenoxy) is 1. The first-order valence-corrected chi connectivity index (χ1v) is 5.45. The first-order chi connectivity index (χ1) is 7.03. The van der Waals surface area contributed by atoms with Crippen LogP contribution in [0.4, 0.5) is 8.78 Å². The van der Waals surface area contributed by atoms with Crippen molar-refractivity contribution in [2.45, 2.75) is 25.7 Å². The van der Waals surface area contributed by atoms with Gasteiger partial charge >= 0.3 is 0 Å². The Bertz CT molecular complexity index is 320. The molecule has 0 bridgehead atoms. The first-order valence-electron chi connectivity index (χ1n) is 4.66. The van der Waals surface area contributed by atoms with Gasteiger partial charge in [0, 0.05) is 29.6 Å². The maximum atomic E-state index is 12.8. The molecule has 1 aromatic rings. The third-order valence-corrected chi connectivity index (χ3v) is 2.43. The average Bonchev–Trinajstić information content (AvgIpc) is 2.18. The van der Waals surface area contributed by atoms with Gasteiger partial charge in [-0.15, -0.1) is 0 Å². The summed E-state index contributed by atoms with van der Waals surface area (Å²) in [6.07, 6.45) is 1.11. The van der Waals surface area contributed by atoms with Crippen LogP contribution in [0.3, 0.4) is 0 Å². The van der Waals surface area contributed by atoms with E-state index in [4.69, 9.17) is 4.74 Å². The summed E-state index contributed by atoms with van der Waals surface area (Å²) in [5.41, 5.74) is 0. The molecule has 0 amide bonds. The summed E-state index contributed by atoms with van der Waals surface area (Å²) in [5.74, 6) is -2.29. The van der Waals surface area contributed by atoms with Crippen molar-refractivity contribution >= 4 is 15.9 Å². The van der Waals surface area contributed by atoms with E-state index in [-0.39, 0.29) is 19.4 Å². The van der Waals surface area contributed by atoms with Crippen molar-refractivity contribution in [2.75, 3.05) is 6.61 Å². The van der Waals surface area contributed by atoms with Gasteiger partial charge in [-0.1, -0.05) is 22.9 Å². The Morgan fingerprint density at radius 3 is 2.87 bits per heavy atom. The highest BCUT2D eigenvalue weighted by Crippen LogP contribution is 2.22. The number of halogens is 3. The summed E-state index contributed by atoms with van der Waals surface area (Å²) in [5, 5.41) is 0. The Hall–Kier alpha value is -0.710. The molecule has 0 aliphatic carbocycles. The van der Waals surface area contributed by atoms with E-state index in [9.17, 15) is 8.78 Å². The van der Waals surface area contributed by atoms with Crippen molar-refractivity contribution in [1.29, 1.82) is 0 Å². The van der Waals surface area contributed by atoms with Crippen LogP contribution in [0.1, 0.15) is 19.8 Å². The zero-order valence-electron chi connectivity index (χ0n) is 8.34. The van der Waals surface area contributed by atoms with Crippen LogP contribution in [0, 0.1) is 0 Å². The number of alkyl halides is 2. The van der Waals surface area contributed by atoms with Gasteiger partial charge in [-0.25, -0.2) is 13.8 Å². The van der Waals surface area contributed by atoms with Gasteiger partial charge in [0.05, 0.1) is 6.61 Å². The Kier molecular flexibility index (Phi) is 4.45. The van der Waals surface area contributed by atoms with Crippen LogP contribution in [0.2, 0.25) is 0 Å². The highest BCUT2D eigenvalue weighted by molar-refractivity contribution is 9.10. The maximum absolute atomic E-state index is 12.8. The van der Waals surface area contributed by atoms with Crippen LogP contribution in [0.25, 0.3) is 0 Å². The number of hydrogen-bond acceptors (Lipinski definition) is 2. The van der Waals surface area contributed by atoms with Gasteiger partial charge in [0.1, 0.15) is 0 Å². The molecule has 0 aliphatic rings. The van der Waals surface area contributed by atoms with Crippen LogP contribution in [-0.2, 0) is 0 Å². The lowest BCUT2D eigenvalue weighted by Gasteiger charge is -2.13. The summed E-state index contributed by atoms with van der Waals surface area (Å²) in [6.45, 7) is 1.43. The normalized spacial score (nSPS) is 11.5. The number of nitrogens with zero attached hydrogens (tertiary/aromatic N) is 1. The minimum absolute atomic E-state index is 0.0235. The standard InChI is InChI=1S/C10H12BrF2NO/c1-2-10(12,13)4-6-15-9-7-8(11)3-5-14-9/h3,5,7H,2,4,6H2,1H3. The fourth-order valence-corrected chi connectivity index (χ4v) is 1.26. The van der Waals surface area contributed by atoms with Crippen LogP contribution < -0.4 is 4.74 Å². The van der Waals surface area contributed by atoms with Gasteiger partial charge in [0.15, 0.2) is 0 Å². The third-order valence-electron chi connectivity index (χ3n) is 1.93. The Morgan fingerprint density at radius 1 is 1.53 bits per heavy atom. The molecule has 0 aromatic carbocycles. The van der Waals surface area contributed by atoms with Gasteiger partial charge < -0.3 is 4.74 Å². The summed E-state index contributed by atoms with van der Waals surface area (Å²) >= 11 is 3.24. The summed E-state index contributed by atoms with van der Waals surface area (Å²) in [4.78, 5) is 3.89. The summed E-state index contributed by atoms with van der Waals surface area (Å²) in [6, 6.07) is 3.39. The van der Waals surface area contributed by atoms with E-state index in [0.29, 0.717) is 5.88 Å². The third kappa shape index (κ3) is 4.55. The number of rotatable bonds is 5. The quantitative estimate of drug-likeness (QED) is 0.821. The SMILES string of the molecule is CCC(F)(F)CCOc1cc(Br)ccn1. The lowest BCUT2D eigenvalue weighted by Crippen LogP contribution is -2.18. The zero-order valence-corrected chi connectivity index (χ0v) is 9.93. The van der Waals surface area contributed by atoms with Crippen molar-refractivity contribution in [3.63, 3.8) is 0 Å². The smallest absolute Gasteiger partial charge is 0.251 e. The molecular weight excluding hydrogens is 268 g/mol. The lowest BCUT2D eigenvalue weighted by atomic mass is 10.2. The topological polar surface area (TPSA) is 22.1 Å². The van der Waals surface area contributed by atoms with Gasteiger partial charge in [-0.05, 0) is 6.07 Å². The predicted molar refractivity (Wildman–Crippen MR) is 57.3 cm³/mol. The minimum Gasteiger partial charge on any atom is -0.477 e. The molecule has 1 heterocycles. The molecule has 5 heteroatoms. The van der Waals surface area contributed by atoms with Crippen molar-refractivity contribution in [1.82, 2.24) is 4.98 Å². The largest absolute Gasteiger partial charge is 0.477 e. The molecule has 84 valence electrons. The Balaban J connectivity index is 2.38. The number of pyridine rings is 1. The Labute approximate surface area is 95.8 Å². The monoisotopic (exact) mass is 279 g/mol. The second kappa shape index (κ2) is 5.39. The summed E-state index contributed by atoms with van der Waals surface area (Å²) in [7, 11) is 0. The van der Waals surface area contributed by atoms with Crippen molar-refractivity contribution in [2.24, 2.45) is 0 Å². The minimum atomic E-state index is -2.65. The van der Waals surface area contributed by atoms with Crippen LogP contribution >= 0.6 is 15.9 Å². The maximum Gasteiger partial charge on any atom is 0.251 e. The molecule has 1 aromatic heterocycles. The van der Waals surface area contributed by atoms with Gasteiger partial charge in [-0.3, -0.25) is 0 Å². The van der Waals surface area contributed by atoms with Crippen LogP contribution in [0.5, 0.6) is 5.88 Å². The number of hydrogen-bond donors (Lipinski definition) is 0. The van der Waals surface area contributed by atoms with E-state index >= 15 is 0 Å². The van der Waals surface area contributed by atoms with E-state index in [1.54, 1.807) is 18.3 Å². The van der Waals surface area contributed by atoms with Crippen molar-refractivity contribution in [3.8, 4) is 5.88 Å². The van der Waals surface area contributed by atoms with Gasteiger partial charge in [0.2, 0.25) is 5.88 Å².